The average molecular weight is 291 g/mol. The van der Waals surface area contributed by atoms with Crippen molar-refractivity contribution in [2.45, 2.75) is 26.0 Å². The van der Waals surface area contributed by atoms with Crippen LogP contribution < -0.4 is 10.1 Å². The topological polar surface area (TPSA) is 74.9 Å². The van der Waals surface area contributed by atoms with E-state index in [1.165, 1.54) is 7.11 Å². The molecule has 2 aromatic rings. The van der Waals surface area contributed by atoms with Gasteiger partial charge in [0.15, 0.2) is 11.5 Å². The first-order chi connectivity index (χ1) is 9.94. The van der Waals surface area contributed by atoms with Gasteiger partial charge in [-0.2, -0.15) is 0 Å². The summed E-state index contributed by atoms with van der Waals surface area (Å²) >= 11 is 0. The zero-order chi connectivity index (χ0) is 15.5. The standard InChI is InChI=1S/C16H21NO4/c1-11-7-8-14(21-11)16(2,19)10-17-9-12-5-4-6-13(20-3)15(12)18/h4-8,17-19H,9-10H2,1-3H3. The number of furan rings is 1. The Bertz CT molecular complexity index is 604. The smallest absolute Gasteiger partial charge is 0.162 e. The zero-order valence-corrected chi connectivity index (χ0v) is 12.5. The third kappa shape index (κ3) is 3.56. The van der Waals surface area contributed by atoms with Crippen molar-refractivity contribution in [3.05, 3.63) is 47.4 Å². The van der Waals surface area contributed by atoms with Gasteiger partial charge in [-0.25, -0.2) is 0 Å². The number of benzene rings is 1. The number of ether oxygens (including phenoxy) is 1. The van der Waals surface area contributed by atoms with E-state index in [2.05, 4.69) is 5.32 Å². The van der Waals surface area contributed by atoms with Crippen molar-refractivity contribution in [2.75, 3.05) is 13.7 Å². The van der Waals surface area contributed by atoms with Gasteiger partial charge in [-0.05, 0) is 32.0 Å². The maximum absolute atomic E-state index is 10.4. The molecule has 0 bridgehead atoms. The molecule has 0 aliphatic carbocycles. The average Bonchev–Trinajstić information content (AvgIpc) is 2.88. The van der Waals surface area contributed by atoms with E-state index in [0.29, 0.717) is 30.2 Å². The number of aliphatic hydroxyl groups is 1. The minimum absolute atomic E-state index is 0.112. The second-order valence-corrected chi connectivity index (χ2v) is 5.26. The van der Waals surface area contributed by atoms with E-state index in [1.54, 1.807) is 25.1 Å². The minimum atomic E-state index is -1.11. The van der Waals surface area contributed by atoms with E-state index < -0.39 is 5.60 Å². The van der Waals surface area contributed by atoms with E-state index in [0.717, 1.165) is 5.76 Å². The number of hydrogen-bond donors (Lipinski definition) is 3. The number of aromatic hydroxyl groups is 1. The second-order valence-electron chi connectivity index (χ2n) is 5.26. The van der Waals surface area contributed by atoms with E-state index in [4.69, 9.17) is 9.15 Å². The Morgan fingerprint density at radius 1 is 1.29 bits per heavy atom. The van der Waals surface area contributed by atoms with Crippen LogP contribution in [0.4, 0.5) is 0 Å². The van der Waals surface area contributed by atoms with Gasteiger partial charge in [-0.3, -0.25) is 0 Å². The highest BCUT2D eigenvalue weighted by Gasteiger charge is 2.26. The van der Waals surface area contributed by atoms with Crippen LogP contribution in [0.15, 0.2) is 34.7 Å². The van der Waals surface area contributed by atoms with Gasteiger partial charge in [0, 0.05) is 18.7 Å². The van der Waals surface area contributed by atoms with Gasteiger partial charge in [-0.1, -0.05) is 12.1 Å². The molecule has 1 unspecified atom stereocenters. The van der Waals surface area contributed by atoms with Crippen LogP contribution in [-0.4, -0.2) is 23.9 Å². The van der Waals surface area contributed by atoms with Crippen LogP contribution in [0.2, 0.25) is 0 Å². The number of phenolic OH excluding ortho intramolecular Hbond substituents is 1. The molecule has 1 aromatic carbocycles. The molecule has 2 rings (SSSR count). The molecule has 3 N–H and O–H groups in total. The van der Waals surface area contributed by atoms with Crippen molar-refractivity contribution in [3.8, 4) is 11.5 Å². The van der Waals surface area contributed by atoms with Crippen LogP contribution in [0.5, 0.6) is 11.5 Å². The van der Waals surface area contributed by atoms with Crippen LogP contribution in [0, 0.1) is 6.92 Å². The monoisotopic (exact) mass is 291 g/mol. The highest BCUT2D eigenvalue weighted by atomic mass is 16.5. The van der Waals surface area contributed by atoms with Crippen molar-refractivity contribution >= 4 is 0 Å². The summed E-state index contributed by atoms with van der Waals surface area (Å²) in [5.41, 5.74) is -0.399. The van der Waals surface area contributed by atoms with E-state index in [-0.39, 0.29) is 5.75 Å². The molecule has 0 radical (unpaired) electrons. The molecule has 0 saturated heterocycles. The lowest BCUT2D eigenvalue weighted by molar-refractivity contribution is 0.0332. The first kappa shape index (κ1) is 15.4. The van der Waals surface area contributed by atoms with Gasteiger partial charge in [0.1, 0.15) is 17.1 Å². The van der Waals surface area contributed by atoms with E-state index in [1.807, 2.05) is 19.1 Å². The number of phenols is 1. The highest BCUT2D eigenvalue weighted by Crippen LogP contribution is 2.29. The lowest BCUT2D eigenvalue weighted by atomic mass is 10.0. The Kier molecular flexibility index (Phi) is 4.55. The van der Waals surface area contributed by atoms with Gasteiger partial charge in [-0.15, -0.1) is 0 Å². The molecule has 1 atom stereocenters. The predicted octanol–water partition coefficient (Wildman–Crippen LogP) is 2.30. The second kappa shape index (κ2) is 6.20. The van der Waals surface area contributed by atoms with Gasteiger partial charge in [0.2, 0.25) is 0 Å². The van der Waals surface area contributed by atoms with E-state index in [9.17, 15) is 10.2 Å². The summed E-state index contributed by atoms with van der Waals surface area (Å²) in [6.07, 6.45) is 0. The van der Waals surface area contributed by atoms with Crippen LogP contribution in [0.1, 0.15) is 24.0 Å². The Balaban J connectivity index is 1.98. The molecule has 0 spiro atoms. The SMILES string of the molecule is COc1cccc(CNCC(C)(O)c2ccc(C)o2)c1O. The fourth-order valence-corrected chi connectivity index (χ4v) is 2.13. The number of hydrogen-bond acceptors (Lipinski definition) is 5. The van der Waals surface area contributed by atoms with Crippen molar-refractivity contribution in [1.29, 1.82) is 0 Å². The summed E-state index contributed by atoms with van der Waals surface area (Å²) in [5, 5.41) is 23.5. The number of nitrogens with one attached hydrogen (secondary N) is 1. The molecule has 0 amide bonds. The van der Waals surface area contributed by atoms with E-state index >= 15 is 0 Å². The fraction of sp³-hybridized carbons (Fsp3) is 0.375. The lowest BCUT2D eigenvalue weighted by Crippen LogP contribution is -2.34. The summed E-state index contributed by atoms with van der Waals surface area (Å²) in [7, 11) is 1.51. The first-order valence-corrected chi connectivity index (χ1v) is 6.79. The summed E-state index contributed by atoms with van der Waals surface area (Å²) in [4.78, 5) is 0. The largest absolute Gasteiger partial charge is 0.504 e. The molecule has 21 heavy (non-hydrogen) atoms. The number of methoxy groups -OCH3 is 1. The molecule has 0 saturated carbocycles. The van der Waals surface area contributed by atoms with Crippen LogP contribution >= 0.6 is 0 Å². The number of aryl methyl sites for hydroxylation is 1. The van der Waals surface area contributed by atoms with Crippen molar-refractivity contribution in [1.82, 2.24) is 5.32 Å². The first-order valence-electron chi connectivity index (χ1n) is 6.79. The maximum Gasteiger partial charge on any atom is 0.162 e. The molecule has 114 valence electrons. The number of rotatable bonds is 6. The molecule has 0 aliphatic rings. The number of para-hydroxylation sites is 1. The van der Waals surface area contributed by atoms with Crippen molar-refractivity contribution < 1.29 is 19.4 Å². The molecule has 5 nitrogen and oxygen atoms in total. The Morgan fingerprint density at radius 2 is 2.05 bits per heavy atom. The highest BCUT2D eigenvalue weighted by molar-refractivity contribution is 5.45. The van der Waals surface area contributed by atoms with Gasteiger partial charge < -0.3 is 24.7 Å². The predicted molar refractivity (Wildman–Crippen MR) is 79.4 cm³/mol. The Morgan fingerprint density at radius 3 is 2.67 bits per heavy atom. The molecular formula is C16H21NO4. The van der Waals surface area contributed by atoms with Crippen molar-refractivity contribution in [2.24, 2.45) is 0 Å². The maximum atomic E-state index is 10.4. The van der Waals surface area contributed by atoms with Gasteiger partial charge in [0.25, 0.3) is 0 Å². The Hall–Kier alpha value is -1.98. The third-order valence-corrected chi connectivity index (χ3v) is 3.36. The van der Waals surface area contributed by atoms with Crippen molar-refractivity contribution in [3.63, 3.8) is 0 Å². The summed E-state index contributed by atoms with van der Waals surface area (Å²) in [5.74, 6) is 1.82. The molecular weight excluding hydrogens is 270 g/mol. The molecule has 5 heteroatoms. The molecule has 0 fully saturated rings. The molecule has 1 heterocycles. The minimum Gasteiger partial charge on any atom is -0.504 e. The van der Waals surface area contributed by atoms with Crippen LogP contribution in [0.3, 0.4) is 0 Å². The summed E-state index contributed by atoms with van der Waals surface area (Å²) < 4.78 is 10.5. The normalized spacial score (nSPS) is 13.9. The third-order valence-electron chi connectivity index (χ3n) is 3.36. The molecule has 0 aliphatic heterocycles. The Labute approximate surface area is 124 Å². The van der Waals surface area contributed by atoms with Gasteiger partial charge >= 0.3 is 0 Å². The molecule has 1 aromatic heterocycles. The summed E-state index contributed by atoms with van der Waals surface area (Å²) in [6.45, 7) is 4.24. The van der Waals surface area contributed by atoms with Gasteiger partial charge in [0.05, 0.1) is 7.11 Å². The van der Waals surface area contributed by atoms with Crippen LogP contribution in [0.25, 0.3) is 0 Å². The fourth-order valence-electron chi connectivity index (χ4n) is 2.13. The lowest BCUT2D eigenvalue weighted by Gasteiger charge is -2.21. The quantitative estimate of drug-likeness (QED) is 0.761. The summed E-state index contributed by atoms with van der Waals surface area (Å²) in [6, 6.07) is 8.89. The van der Waals surface area contributed by atoms with Crippen LogP contribution in [-0.2, 0) is 12.1 Å². The zero-order valence-electron chi connectivity index (χ0n) is 12.5.